The summed E-state index contributed by atoms with van der Waals surface area (Å²) in [5, 5.41) is 2.90. The van der Waals surface area contributed by atoms with Crippen LogP contribution in [0.25, 0.3) is 0 Å². The van der Waals surface area contributed by atoms with E-state index in [0.29, 0.717) is 25.1 Å². The fourth-order valence-corrected chi connectivity index (χ4v) is 3.63. The fraction of sp³-hybridized carbons (Fsp3) is 0.423. The first-order valence-corrected chi connectivity index (χ1v) is 11.5. The highest BCUT2D eigenvalue weighted by Crippen LogP contribution is 2.34. The minimum absolute atomic E-state index is 0.00641. The smallest absolute Gasteiger partial charge is 0.326 e. The van der Waals surface area contributed by atoms with Crippen molar-refractivity contribution in [1.82, 2.24) is 4.90 Å². The summed E-state index contributed by atoms with van der Waals surface area (Å²) < 4.78 is 11.6. The largest absolute Gasteiger partial charge is 0.490 e. The Morgan fingerprint density at radius 1 is 1.15 bits per heavy atom. The van der Waals surface area contributed by atoms with Crippen LogP contribution in [0.2, 0.25) is 0 Å². The van der Waals surface area contributed by atoms with Crippen molar-refractivity contribution in [3.8, 4) is 5.75 Å². The fourth-order valence-electron chi connectivity index (χ4n) is 3.63. The zero-order valence-corrected chi connectivity index (χ0v) is 20.3. The number of fused-ring (bicyclic) bond motifs is 1. The van der Waals surface area contributed by atoms with Gasteiger partial charge >= 0.3 is 5.97 Å². The number of nitrogens with zero attached hydrogens (tertiary/aromatic N) is 2. The Bertz CT molecular complexity index is 1030. The van der Waals surface area contributed by atoms with Crippen LogP contribution in [0.4, 0.5) is 11.4 Å². The lowest BCUT2D eigenvalue weighted by Gasteiger charge is -2.30. The van der Waals surface area contributed by atoms with Crippen molar-refractivity contribution >= 4 is 29.2 Å². The van der Waals surface area contributed by atoms with Gasteiger partial charge in [0.15, 0.2) is 5.96 Å². The number of benzene rings is 2. The topological polar surface area (TPSA) is 106 Å². The molecular formula is C26H34N4O4. The molecule has 0 spiro atoms. The number of anilines is 1. The first-order chi connectivity index (χ1) is 16.1. The molecule has 0 aliphatic carbocycles. The van der Waals surface area contributed by atoms with Gasteiger partial charge in [0.1, 0.15) is 17.9 Å². The van der Waals surface area contributed by atoms with Crippen molar-refractivity contribution < 1.29 is 19.1 Å². The maximum absolute atomic E-state index is 12.3. The van der Waals surface area contributed by atoms with Gasteiger partial charge in [-0.15, -0.1) is 0 Å². The van der Waals surface area contributed by atoms with Gasteiger partial charge in [0.25, 0.3) is 0 Å². The maximum atomic E-state index is 12.3. The van der Waals surface area contributed by atoms with Crippen LogP contribution >= 0.6 is 0 Å². The molecular weight excluding hydrogens is 432 g/mol. The van der Waals surface area contributed by atoms with Gasteiger partial charge in [-0.3, -0.25) is 9.59 Å². The Morgan fingerprint density at radius 3 is 2.59 bits per heavy atom. The summed E-state index contributed by atoms with van der Waals surface area (Å²) in [5.41, 5.74) is 7.92. The Balaban J connectivity index is 1.55. The van der Waals surface area contributed by atoms with Crippen LogP contribution in [-0.2, 0) is 20.9 Å². The zero-order valence-electron chi connectivity index (χ0n) is 20.3. The van der Waals surface area contributed by atoms with E-state index in [2.05, 4.69) is 10.3 Å². The van der Waals surface area contributed by atoms with Gasteiger partial charge in [-0.05, 0) is 64.8 Å². The molecule has 1 aliphatic heterocycles. The third-order valence-corrected chi connectivity index (χ3v) is 5.16. The number of nitrogens with two attached hydrogens (primary N) is 1. The second kappa shape index (κ2) is 11.0. The summed E-state index contributed by atoms with van der Waals surface area (Å²) >= 11 is 0. The molecule has 0 radical (unpaired) electrons. The van der Waals surface area contributed by atoms with Crippen molar-refractivity contribution in [2.24, 2.45) is 10.7 Å². The van der Waals surface area contributed by atoms with E-state index in [-0.39, 0.29) is 30.5 Å². The highest BCUT2D eigenvalue weighted by Gasteiger charge is 2.25. The van der Waals surface area contributed by atoms with E-state index in [1.54, 1.807) is 4.90 Å². The van der Waals surface area contributed by atoms with Crippen LogP contribution in [0.5, 0.6) is 5.75 Å². The summed E-state index contributed by atoms with van der Waals surface area (Å²) in [7, 11) is 0. The van der Waals surface area contributed by atoms with Gasteiger partial charge in [-0.25, -0.2) is 4.99 Å². The predicted molar refractivity (Wildman–Crippen MR) is 133 cm³/mol. The van der Waals surface area contributed by atoms with E-state index in [0.717, 1.165) is 23.4 Å². The van der Waals surface area contributed by atoms with Gasteiger partial charge in [-0.2, -0.15) is 0 Å². The number of amides is 1. The summed E-state index contributed by atoms with van der Waals surface area (Å²) in [6.07, 6.45) is 1.74. The van der Waals surface area contributed by atoms with Gasteiger partial charge in [0.2, 0.25) is 5.91 Å². The third kappa shape index (κ3) is 7.50. The standard InChI is InChI=1S/C26H34N4O4/c1-18(10-8-15-23(31)28-19-11-6-5-7-12-19)33-22-14-9-13-21-20(22)16-30(25(27)29-21)17-24(32)34-26(2,3)4/h5-7,9,11-14,18H,8,10,15-17H2,1-4H3,(H2,27,29)(H,28,31). The number of carbonyl (C=O) groups is 2. The van der Waals surface area contributed by atoms with E-state index >= 15 is 0 Å². The van der Waals surface area contributed by atoms with Gasteiger partial charge < -0.3 is 25.4 Å². The number of para-hydroxylation sites is 1. The molecule has 2 aromatic rings. The molecule has 8 nitrogen and oxygen atoms in total. The second-order valence-corrected chi connectivity index (χ2v) is 9.40. The van der Waals surface area contributed by atoms with Crippen molar-refractivity contribution in [3.63, 3.8) is 0 Å². The Hall–Kier alpha value is -3.55. The van der Waals surface area contributed by atoms with Crippen LogP contribution in [0, 0.1) is 0 Å². The molecule has 1 aliphatic rings. The van der Waals surface area contributed by atoms with Gasteiger partial charge in [0, 0.05) is 17.7 Å². The van der Waals surface area contributed by atoms with Gasteiger partial charge in [0.05, 0.1) is 18.3 Å². The SMILES string of the molecule is CC(CCCC(=O)Nc1ccccc1)Oc1cccc2c1CN(CC(=O)OC(C)(C)C)C(N)=N2. The summed E-state index contributed by atoms with van der Waals surface area (Å²) in [6.45, 7) is 7.86. The number of aliphatic imine (C=N–C) groups is 1. The normalized spacial score (nSPS) is 14.0. The number of carbonyl (C=O) groups excluding carboxylic acids is 2. The molecule has 3 rings (SSSR count). The Labute approximate surface area is 201 Å². The Morgan fingerprint density at radius 2 is 1.88 bits per heavy atom. The van der Waals surface area contributed by atoms with Crippen LogP contribution in [-0.4, -0.2) is 41.0 Å². The van der Waals surface area contributed by atoms with Crippen molar-refractivity contribution in [3.05, 3.63) is 54.1 Å². The number of hydrogen-bond donors (Lipinski definition) is 2. The average molecular weight is 467 g/mol. The predicted octanol–water partition coefficient (Wildman–Crippen LogP) is 4.37. The number of hydrogen-bond acceptors (Lipinski definition) is 7. The van der Waals surface area contributed by atoms with E-state index in [9.17, 15) is 9.59 Å². The highest BCUT2D eigenvalue weighted by molar-refractivity contribution is 5.90. The van der Waals surface area contributed by atoms with Gasteiger partial charge in [-0.1, -0.05) is 24.3 Å². The molecule has 182 valence electrons. The molecule has 0 bridgehead atoms. The second-order valence-electron chi connectivity index (χ2n) is 9.40. The summed E-state index contributed by atoms with van der Waals surface area (Å²) in [4.78, 5) is 30.6. The highest BCUT2D eigenvalue weighted by atomic mass is 16.6. The number of rotatable bonds is 9. The van der Waals surface area contributed by atoms with E-state index < -0.39 is 5.60 Å². The minimum atomic E-state index is -0.571. The van der Waals surface area contributed by atoms with Crippen molar-refractivity contribution in [2.75, 3.05) is 11.9 Å². The van der Waals surface area contributed by atoms with Crippen LogP contribution in [0.3, 0.4) is 0 Å². The lowest BCUT2D eigenvalue weighted by molar-refractivity contribution is -0.155. The minimum Gasteiger partial charge on any atom is -0.490 e. The zero-order chi connectivity index (χ0) is 24.7. The van der Waals surface area contributed by atoms with Crippen molar-refractivity contribution in [1.29, 1.82) is 0 Å². The quantitative estimate of drug-likeness (QED) is 0.532. The van der Waals surface area contributed by atoms with Crippen LogP contribution in [0.15, 0.2) is 53.5 Å². The molecule has 1 unspecified atom stereocenters. The third-order valence-electron chi connectivity index (χ3n) is 5.16. The van der Waals surface area contributed by atoms with Crippen molar-refractivity contribution in [2.45, 2.75) is 65.2 Å². The molecule has 34 heavy (non-hydrogen) atoms. The molecule has 3 N–H and O–H groups in total. The first kappa shape index (κ1) is 25.1. The average Bonchev–Trinajstić information content (AvgIpc) is 2.74. The monoisotopic (exact) mass is 466 g/mol. The maximum Gasteiger partial charge on any atom is 0.326 e. The molecule has 8 heteroatoms. The number of nitrogens with one attached hydrogen (secondary N) is 1. The lowest BCUT2D eigenvalue weighted by atomic mass is 10.1. The summed E-state index contributed by atoms with van der Waals surface area (Å²) in [6, 6.07) is 15.0. The lowest BCUT2D eigenvalue weighted by Crippen LogP contribution is -2.43. The molecule has 1 atom stereocenters. The molecule has 1 amide bonds. The number of ether oxygens (including phenoxy) is 2. The molecule has 1 heterocycles. The number of guanidine groups is 1. The van der Waals surface area contributed by atoms with Crippen LogP contribution in [0.1, 0.15) is 52.5 Å². The summed E-state index contributed by atoms with van der Waals surface area (Å²) in [5.74, 6) is 0.588. The molecule has 0 saturated heterocycles. The number of esters is 1. The van der Waals surface area contributed by atoms with E-state index in [1.807, 2.05) is 76.2 Å². The molecule has 2 aromatic carbocycles. The Kier molecular flexibility index (Phi) is 8.15. The van der Waals surface area contributed by atoms with E-state index in [4.69, 9.17) is 15.2 Å². The molecule has 0 aromatic heterocycles. The first-order valence-electron chi connectivity index (χ1n) is 11.5. The van der Waals surface area contributed by atoms with Crippen LogP contribution < -0.4 is 15.8 Å². The van der Waals surface area contributed by atoms with E-state index in [1.165, 1.54) is 0 Å². The molecule has 0 saturated carbocycles. The molecule has 0 fully saturated rings.